The second kappa shape index (κ2) is 5.20. The maximum atomic E-state index is 13.2. The third-order valence-corrected chi connectivity index (χ3v) is 2.73. The summed E-state index contributed by atoms with van der Waals surface area (Å²) in [5.74, 6) is -1.34. The predicted molar refractivity (Wildman–Crippen MR) is 67.3 cm³/mol. The molecule has 0 amide bonds. The lowest BCUT2D eigenvalue weighted by Gasteiger charge is -2.14. The molecule has 2 rings (SSSR count). The van der Waals surface area contributed by atoms with Crippen molar-refractivity contribution in [1.29, 1.82) is 0 Å². The number of rotatable bonds is 2. The van der Waals surface area contributed by atoms with Crippen molar-refractivity contribution >= 4 is 17.3 Å². The number of nitrogens with two attached hydrogens (primary N) is 1. The van der Waals surface area contributed by atoms with Gasteiger partial charge in [-0.15, -0.1) is 0 Å². The van der Waals surface area contributed by atoms with E-state index in [-0.39, 0.29) is 16.5 Å². The van der Waals surface area contributed by atoms with Crippen molar-refractivity contribution in [2.75, 3.05) is 5.73 Å². The van der Waals surface area contributed by atoms with E-state index in [0.717, 1.165) is 18.2 Å². The standard InChI is InChI=1S/C13H8ClF4NO/c14-10-3-2-8(6-11(10)15)20-12-4-1-7(19)5-9(12)13(16,17)18/h1-6H,19H2. The van der Waals surface area contributed by atoms with Crippen LogP contribution in [0.25, 0.3) is 0 Å². The fourth-order valence-electron chi connectivity index (χ4n) is 1.53. The van der Waals surface area contributed by atoms with Gasteiger partial charge in [0.1, 0.15) is 22.9 Å². The molecule has 0 aliphatic rings. The molecule has 0 saturated carbocycles. The van der Waals surface area contributed by atoms with E-state index in [1.807, 2.05) is 0 Å². The zero-order valence-corrected chi connectivity index (χ0v) is 10.6. The molecular weight excluding hydrogens is 298 g/mol. The zero-order chi connectivity index (χ0) is 14.9. The summed E-state index contributed by atoms with van der Waals surface area (Å²) in [7, 11) is 0. The minimum Gasteiger partial charge on any atom is -0.457 e. The summed E-state index contributed by atoms with van der Waals surface area (Å²) >= 11 is 5.48. The van der Waals surface area contributed by atoms with Gasteiger partial charge in [0.05, 0.1) is 5.02 Å². The average Bonchev–Trinajstić information content (AvgIpc) is 2.35. The highest BCUT2D eigenvalue weighted by Gasteiger charge is 2.34. The number of ether oxygens (including phenoxy) is 1. The van der Waals surface area contributed by atoms with Crippen molar-refractivity contribution < 1.29 is 22.3 Å². The summed E-state index contributed by atoms with van der Waals surface area (Å²) in [6.45, 7) is 0. The molecule has 7 heteroatoms. The van der Waals surface area contributed by atoms with Crippen LogP contribution in [0.5, 0.6) is 11.5 Å². The number of benzene rings is 2. The van der Waals surface area contributed by atoms with Crippen LogP contribution in [0, 0.1) is 5.82 Å². The third kappa shape index (κ3) is 3.14. The maximum Gasteiger partial charge on any atom is 0.420 e. The van der Waals surface area contributed by atoms with Gasteiger partial charge < -0.3 is 10.5 Å². The first-order valence-electron chi connectivity index (χ1n) is 5.37. The molecule has 0 aromatic heterocycles. The van der Waals surface area contributed by atoms with E-state index in [1.54, 1.807) is 0 Å². The van der Waals surface area contributed by atoms with Gasteiger partial charge in [-0.25, -0.2) is 4.39 Å². The Kier molecular flexibility index (Phi) is 3.76. The van der Waals surface area contributed by atoms with Gasteiger partial charge in [0.2, 0.25) is 0 Å². The highest BCUT2D eigenvalue weighted by atomic mass is 35.5. The largest absolute Gasteiger partial charge is 0.457 e. The number of halogens is 5. The van der Waals surface area contributed by atoms with E-state index in [1.165, 1.54) is 18.2 Å². The van der Waals surface area contributed by atoms with Crippen LogP contribution in [0.3, 0.4) is 0 Å². The molecule has 2 N–H and O–H groups in total. The van der Waals surface area contributed by atoms with Crippen LogP contribution in [0.2, 0.25) is 5.02 Å². The van der Waals surface area contributed by atoms with Crippen molar-refractivity contribution in [3.05, 3.63) is 52.8 Å². The third-order valence-electron chi connectivity index (χ3n) is 2.43. The van der Waals surface area contributed by atoms with Crippen LogP contribution >= 0.6 is 11.6 Å². The maximum absolute atomic E-state index is 13.2. The van der Waals surface area contributed by atoms with E-state index < -0.39 is 23.3 Å². The van der Waals surface area contributed by atoms with Crippen molar-refractivity contribution in [1.82, 2.24) is 0 Å². The highest BCUT2D eigenvalue weighted by Crippen LogP contribution is 2.39. The molecule has 0 unspecified atom stereocenters. The van der Waals surface area contributed by atoms with Gasteiger partial charge in [-0.05, 0) is 30.3 Å². The molecule has 20 heavy (non-hydrogen) atoms. The Balaban J connectivity index is 2.40. The van der Waals surface area contributed by atoms with Gasteiger partial charge in [-0.2, -0.15) is 13.2 Å². The van der Waals surface area contributed by atoms with Gasteiger partial charge in [-0.1, -0.05) is 11.6 Å². The Hall–Kier alpha value is -1.95. The van der Waals surface area contributed by atoms with Crippen molar-refractivity contribution in [2.45, 2.75) is 6.18 Å². The molecule has 0 heterocycles. The van der Waals surface area contributed by atoms with Gasteiger partial charge in [-0.3, -0.25) is 0 Å². The molecular formula is C13H8ClF4NO. The summed E-state index contributed by atoms with van der Waals surface area (Å²) in [5.41, 5.74) is 4.25. The Bertz CT molecular complexity index is 643. The monoisotopic (exact) mass is 305 g/mol. The summed E-state index contributed by atoms with van der Waals surface area (Å²) in [5, 5.41) is -0.147. The molecule has 0 radical (unpaired) electrons. The lowest BCUT2D eigenvalue weighted by atomic mass is 10.1. The number of nitrogen functional groups attached to an aromatic ring is 1. The second-order valence-corrected chi connectivity index (χ2v) is 4.34. The normalized spacial score (nSPS) is 11.4. The molecule has 0 atom stereocenters. The average molecular weight is 306 g/mol. The molecule has 0 aliphatic heterocycles. The first-order valence-corrected chi connectivity index (χ1v) is 5.75. The first-order chi connectivity index (χ1) is 9.27. The van der Waals surface area contributed by atoms with E-state index in [4.69, 9.17) is 22.1 Å². The van der Waals surface area contributed by atoms with Crippen LogP contribution in [0.1, 0.15) is 5.56 Å². The summed E-state index contributed by atoms with van der Waals surface area (Å²) in [6.07, 6.45) is -4.63. The van der Waals surface area contributed by atoms with Crippen molar-refractivity contribution in [3.63, 3.8) is 0 Å². The van der Waals surface area contributed by atoms with Crippen molar-refractivity contribution in [2.24, 2.45) is 0 Å². The molecule has 2 aromatic rings. The minimum absolute atomic E-state index is 0.0491. The van der Waals surface area contributed by atoms with Crippen LogP contribution < -0.4 is 10.5 Å². The number of hydrogen-bond donors (Lipinski definition) is 1. The second-order valence-electron chi connectivity index (χ2n) is 3.93. The number of anilines is 1. The van der Waals surface area contributed by atoms with Crippen LogP contribution in [-0.4, -0.2) is 0 Å². The molecule has 0 spiro atoms. The van der Waals surface area contributed by atoms with Gasteiger partial charge in [0.15, 0.2) is 0 Å². The quantitative estimate of drug-likeness (QED) is 0.634. The first kappa shape index (κ1) is 14.5. The number of alkyl halides is 3. The fraction of sp³-hybridized carbons (Fsp3) is 0.0769. The lowest BCUT2D eigenvalue weighted by molar-refractivity contribution is -0.138. The molecule has 0 saturated heterocycles. The Morgan fingerprint density at radius 1 is 1.05 bits per heavy atom. The molecule has 2 aromatic carbocycles. The summed E-state index contributed by atoms with van der Waals surface area (Å²) in [4.78, 5) is 0. The van der Waals surface area contributed by atoms with E-state index in [2.05, 4.69) is 0 Å². The fourth-order valence-corrected chi connectivity index (χ4v) is 1.64. The van der Waals surface area contributed by atoms with Crippen LogP contribution in [0.15, 0.2) is 36.4 Å². The van der Waals surface area contributed by atoms with Crippen LogP contribution in [0.4, 0.5) is 23.2 Å². The van der Waals surface area contributed by atoms with E-state index in [0.29, 0.717) is 0 Å². The Morgan fingerprint density at radius 2 is 1.75 bits per heavy atom. The molecule has 0 aliphatic carbocycles. The molecule has 2 nitrogen and oxygen atoms in total. The number of hydrogen-bond acceptors (Lipinski definition) is 2. The van der Waals surface area contributed by atoms with Gasteiger partial charge >= 0.3 is 6.18 Å². The predicted octanol–water partition coefficient (Wildman–Crippen LogP) is 4.87. The topological polar surface area (TPSA) is 35.2 Å². The molecule has 0 bridgehead atoms. The Labute approximate surface area is 116 Å². The molecule has 106 valence electrons. The summed E-state index contributed by atoms with van der Waals surface area (Å²) < 4.78 is 56.8. The molecule has 0 fully saturated rings. The lowest BCUT2D eigenvalue weighted by Crippen LogP contribution is -2.08. The minimum atomic E-state index is -4.63. The van der Waals surface area contributed by atoms with Gasteiger partial charge in [0.25, 0.3) is 0 Å². The summed E-state index contributed by atoms with van der Waals surface area (Å²) in [6, 6.07) is 6.45. The van der Waals surface area contributed by atoms with E-state index in [9.17, 15) is 17.6 Å². The smallest absolute Gasteiger partial charge is 0.420 e. The van der Waals surface area contributed by atoms with Crippen LogP contribution in [-0.2, 0) is 6.18 Å². The Morgan fingerprint density at radius 3 is 2.35 bits per heavy atom. The highest BCUT2D eigenvalue weighted by molar-refractivity contribution is 6.30. The van der Waals surface area contributed by atoms with E-state index >= 15 is 0 Å². The zero-order valence-electron chi connectivity index (χ0n) is 9.84. The van der Waals surface area contributed by atoms with Crippen molar-refractivity contribution in [3.8, 4) is 11.5 Å². The van der Waals surface area contributed by atoms with Gasteiger partial charge in [0, 0.05) is 11.8 Å². The SMILES string of the molecule is Nc1ccc(Oc2ccc(Cl)c(F)c2)c(C(F)(F)F)c1.